The molecule has 1 saturated heterocycles. The quantitative estimate of drug-likeness (QED) is 0.732. The van der Waals surface area contributed by atoms with Crippen molar-refractivity contribution < 1.29 is 19.4 Å². The number of nitrogens with two attached hydrogens (primary N) is 1. The average molecular weight is 359 g/mol. The van der Waals surface area contributed by atoms with E-state index in [0.717, 1.165) is 0 Å². The SMILES string of the molecule is CC(O)c1cn(C2CN(C(=O)CCOc3cccc(C(N)=O)c3)C2)nn1. The zero-order valence-corrected chi connectivity index (χ0v) is 14.4. The molecular weight excluding hydrogens is 338 g/mol. The number of carbonyl (C=O) groups is 2. The molecule has 2 amide bonds. The Morgan fingerprint density at radius 3 is 2.85 bits per heavy atom. The number of aliphatic hydroxyl groups excluding tert-OH is 1. The molecule has 9 heteroatoms. The molecule has 26 heavy (non-hydrogen) atoms. The largest absolute Gasteiger partial charge is 0.493 e. The van der Waals surface area contributed by atoms with E-state index in [0.29, 0.717) is 30.1 Å². The van der Waals surface area contributed by atoms with E-state index in [1.807, 2.05) is 0 Å². The molecular formula is C17H21N5O4. The molecule has 1 unspecified atom stereocenters. The summed E-state index contributed by atoms with van der Waals surface area (Å²) < 4.78 is 7.20. The third-order valence-electron chi connectivity index (χ3n) is 4.25. The standard InChI is InChI=1S/C17H21N5O4/c1-11(23)15-10-22(20-19-15)13-8-21(9-13)16(24)5-6-26-14-4-2-3-12(7-14)17(18)25/h2-4,7,10-11,13,23H,5-6,8-9H2,1H3,(H2,18,25). The number of carbonyl (C=O) groups excluding carboxylic acids is 2. The lowest BCUT2D eigenvalue weighted by Crippen LogP contribution is -2.51. The summed E-state index contributed by atoms with van der Waals surface area (Å²) in [5, 5.41) is 17.3. The number of benzene rings is 1. The third-order valence-corrected chi connectivity index (χ3v) is 4.25. The van der Waals surface area contributed by atoms with Gasteiger partial charge in [-0.3, -0.25) is 9.59 Å². The molecule has 0 radical (unpaired) electrons. The number of primary amides is 1. The van der Waals surface area contributed by atoms with Crippen molar-refractivity contribution >= 4 is 11.8 Å². The maximum Gasteiger partial charge on any atom is 0.248 e. The summed E-state index contributed by atoms with van der Waals surface area (Å²) >= 11 is 0. The Morgan fingerprint density at radius 2 is 2.19 bits per heavy atom. The first kappa shape index (κ1) is 17.9. The zero-order chi connectivity index (χ0) is 18.7. The fourth-order valence-electron chi connectivity index (χ4n) is 2.64. The van der Waals surface area contributed by atoms with Crippen LogP contribution in [0.5, 0.6) is 5.75 Å². The number of aromatic nitrogens is 3. The van der Waals surface area contributed by atoms with E-state index in [9.17, 15) is 14.7 Å². The number of rotatable bonds is 7. The molecule has 2 aromatic rings. The number of aliphatic hydroxyl groups is 1. The first-order valence-corrected chi connectivity index (χ1v) is 8.34. The first-order chi connectivity index (χ1) is 12.4. The van der Waals surface area contributed by atoms with Crippen LogP contribution in [0.25, 0.3) is 0 Å². The van der Waals surface area contributed by atoms with Crippen molar-refractivity contribution in [2.75, 3.05) is 19.7 Å². The maximum absolute atomic E-state index is 12.2. The second kappa shape index (κ2) is 7.52. The molecule has 0 saturated carbocycles. The molecule has 0 spiro atoms. The maximum atomic E-state index is 12.2. The van der Waals surface area contributed by atoms with E-state index >= 15 is 0 Å². The Morgan fingerprint density at radius 1 is 1.42 bits per heavy atom. The Labute approximate surface area is 150 Å². The summed E-state index contributed by atoms with van der Waals surface area (Å²) in [6.07, 6.45) is 1.28. The van der Waals surface area contributed by atoms with Crippen LogP contribution >= 0.6 is 0 Å². The summed E-state index contributed by atoms with van der Waals surface area (Å²) in [6.45, 7) is 2.96. The Bertz CT molecular complexity index is 798. The number of hydrogen-bond acceptors (Lipinski definition) is 6. The van der Waals surface area contributed by atoms with Crippen molar-refractivity contribution in [3.8, 4) is 5.75 Å². The normalized spacial score (nSPS) is 15.4. The average Bonchev–Trinajstić information content (AvgIpc) is 3.03. The monoisotopic (exact) mass is 359 g/mol. The molecule has 9 nitrogen and oxygen atoms in total. The predicted octanol–water partition coefficient (Wildman–Crippen LogP) is 0.283. The molecule has 1 aliphatic rings. The second-order valence-corrected chi connectivity index (χ2v) is 6.24. The zero-order valence-electron chi connectivity index (χ0n) is 14.4. The van der Waals surface area contributed by atoms with Gasteiger partial charge in [0, 0.05) is 18.7 Å². The molecule has 3 rings (SSSR count). The van der Waals surface area contributed by atoms with Gasteiger partial charge < -0.3 is 20.5 Å². The van der Waals surface area contributed by atoms with Crippen molar-refractivity contribution in [1.29, 1.82) is 0 Å². The number of likely N-dealkylation sites (tertiary alicyclic amines) is 1. The van der Waals surface area contributed by atoms with Crippen LogP contribution in [0, 0.1) is 0 Å². The van der Waals surface area contributed by atoms with Crippen LogP contribution in [-0.2, 0) is 4.79 Å². The minimum atomic E-state index is -0.660. The van der Waals surface area contributed by atoms with Gasteiger partial charge in [0.15, 0.2) is 0 Å². The number of amides is 2. The molecule has 1 atom stereocenters. The van der Waals surface area contributed by atoms with E-state index in [1.54, 1.807) is 47.0 Å². The van der Waals surface area contributed by atoms with Crippen LogP contribution in [-0.4, -0.2) is 56.5 Å². The smallest absolute Gasteiger partial charge is 0.248 e. The van der Waals surface area contributed by atoms with Gasteiger partial charge in [-0.2, -0.15) is 0 Å². The fourth-order valence-corrected chi connectivity index (χ4v) is 2.64. The van der Waals surface area contributed by atoms with Gasteiger partial charge in [0.25, 0.3) is 0 Å². The van der Waals surface area contributed by atoms with Gasteiger partial charge in [-0.15, -0.1) is 5.10 Å². The van der Waals surface area contributed by atoms with E-state index in [1.165, 1.54) is 0 Å². The van der Waals surface area contributed by atoms with Gasteiger partial charge in [-0.25, -0.2) is 4.68 Å². The van der Waals surface area contributed by atoms with Crippen molar-refractivity contribution in [1.82, 2.24) is 19.9 Å². The molecule has 1 fully saturated rings. The van der Waals surface area contributed by atoms with Crippen LogP contribution in [0.2, 0.25) is 0 Å². The van der Waals surface area contributed by atoms with Crippen molar-refractivity contribution in [3.05, 3.63) is 41.7 Å². The molecule has 1 aliphatic heterocycles. The Balaban J connectivity index is 1.42. The summed E-state index contributed by atoms with van der Waals surface area (Å²) in [4.78, 5) is 25.0. The highest BCUT2D eigenvalue weighted by Crippen LogP contribution is 2.22. The van der Waals surface area contributed by atoms with Crippen LogP contribution in [0.4, 0.5) is 0 Å². The fraction of sp³-hybridized carbons (Fsp3) is 0.412. The van der Waals surface area contributed by atoms with Gasteiger partial charge in [0.2, 0.25) is 11.8 Å². The molecule has 138 valence electrons. The number of ether oxygens (including phenoxy) is 1. The van der Waals surface area contributed by atoms with Crippen LogP contribution < -0.4 is 10.5 Å². The van der Waals surface area contributed by atoms with Crippen LogP contribution in [0.15, 0.2) is 30.5 Å². The van der Waals surface area contributed by atoms with Crippen molar-refractivity contribution in [3.63, 3.8) is 0 Å². The lowest BCUT2D eigenvalue weighted by molar-refractivity contribution is -0.137. The molecule has 2 heterocycles. The summed E-state index contributed by atoms with van der Waals surface area (Å²) in [5.41, 5.74) is 6.10. The first-order valence-electron chi connectivity index (χ1n) is 8.34. The molecule has 3 N–H and O–H groups in total. The minimum absolute atomic E-state index is 0.0110. The van der Waals surface area contributed by atoms with Gasteiger partial charge in [-0.05, 0) is 25.1 Å². The van der Waals surface area contributed by atoms with E-state index in [2.05, 4.69) is 10.3 Å². The topological polar surface area (TPSA) is 124 Å². The van der Waals surface area contributed by atoms with Gasteiger partial charge in [0.05, 0.1) is 31.4 Å². The Hall–Kier alpha value is -2.94. The number of nitrogens with zero attached hydrogens (tertiary/aromatic N) is 4. The second-order valence-electron chi connectivity index (χ2n) is 6.24. The summed E-state index contributed by atoms with van der Waals surface area (Å²) in [6, 6.07) is 6.62. The molecule has 0 aliphatic carbocycles. The highest BCUT2D eigenvalue weighted by Gasteiger charge is 2.32. The van der Waals surface area contributed by atoms with Crippen molar-refractivity contribution in [2.24, 2.45) is 5.73 Å². The molecule has 1 aromatic carbocycles. The van der Waals surface area contributed by atoms with Gasteiger partial charge >= 0.3 is 0 Å². The van der Waals surface area contributed by atoms with Crippen LogP contribution in [0.1, 0.15) is 41.5 Å². The minimum Gasteiger partial charge on any atom is -0.493 e. The lowest BCUT2D eigenvalue weighted by atomic mass is 10.1. The van der Waals surface area contributed by atoms with Gasteiger partial charge in [-0.1, -0.05) is 11.3 Å². The molecule has 1 aromatic heterocycles. The third kappa shape index (κ3) is 3.99. The summed E-state index contributed by atoms with van der Waals surface area (Å²) in [5.74, 6) is -0.0305. The van der Waals surface area contributed by atoms with Crippen molar-refractivity contribution in [2.45, 2.75) is 25.5 Å². The molecule has 0 bridgehead atoms. The lowest BCUT2D eigenvalue weighted by Gasteiger charge is -2.38. The van der Waals surface area contributed by atoms with E-state index in [-0.39, 0.29) is 25.0 Å². The highest BCUT2D eigenvalue weighted by molar-refractivity contribution is 5.93. The highest BCUT2D eigenvalue weighted by atomic mass is 16.5. The van der Waals surface area contributed by atoms with E-state index in [4.69, 9.17) is 10.5 Å². The van der Waals surface area contributed by atoms with Gasteiger partial charge in [0.1, 0.15) is 11.4 Å². The van der Waals surface area contributed by atoms with E-state index < -0.39 is 12.0 Å². The summed E-state index contributed by atoms with van der Waals surface area (Å²) in [7, 11) is 0. The van der Waals surface area contributed by atoms with Crippen LogP contribution in [0.3, 0.4) is 0 Å². The predicted molar refractivity (Wildman–Crippen MR) is 91.3 cm³/mol. The Kier molecular flexibility index (Phi) is 5.17. The number of hydrogen-bond donors (Lipinski definition) is 2.